The van der Waals surface area contributed by atoms with Gasteiger partial charge in [-0.05, 0) is 50.1 Å². The third kappa shape index (κ3) is 4.30. The predicted octanol–water partition coefficient (Wildman–Crippen LogP) is 2.80. The highest BCUT2D eigenvalue weighted by atomic mass is 32.1. The maximum Gasteiger partial charge on any atom is 0.270 e. The van der Waals surface area contributed by atoms with E-state index >= 15 is 0 Å². The summed E-state index contributed by atoms with van der Waals surface area (Å²) in [4.78, 5) is 33.8. The Morgan fingerprint density at radius 1 is 1.12 bits per heavy atom. The summed E-state index contributed by atoms with van der Waals surface area (Å²) in [5, 5.41) is 3.22. The quantitative estimate of drug-likeness (QED) is 0.471. The van der Waals surface area contributed by atoms with E-state index in [1.807, 2.05) is 24.3 Å². The van der Waals surface area contributed by atoms with Crippen molar-refractivity contribution < 1.29 is 9.59 Å². The molecule has 0 radical (unpaired) electrons. The lowest BCUT2D eigenvalue weighted by atomic mass is 10.1. The van der Waals surface area contributed by atoms with E-state index in [1.165, 1.54) is 11.3 Å². The van der Waals surface area contributed by atoms with Gasteiger partial charge >= 0.3 is 0 Å². The first-order valence-electron chi connectivity index (χ1n) is 8.51. The summed E-state index contributed by atoms with van der Waals surface area (Å²) in [7, 11) is 0. The predicted molar refractivity (Wildman–Crippen MR) is 102 cm³/mol. The van der Waals surface area contributed by atoms with Crippen molar-refractivity contribution in [1.29, 1.82) is 0 Å². The fourth-order valence-electron chi connectivity index (χ4n) is 2.62. The number of benzene rings is 1. The summed E-state index contributed by atoms with van der Waals surface area (Å²) in [6, 6.07) is 12.1. The van der Waals surface area contributed by atoms with Gasteiger partial charge in [0.15, 0.2) is 5.01 Å². The number of hydrogen-bond acceptors (Lipinski definition) is 6. The normalized spacial score (nSPS) is 12.0. The van der Waals surface area contributed by atoms with Crippen molar-refractivity contribution in [3.05, 3.63) is 59.4 Å². The van der Waals surface area contributed by atoms with Gasteiger partial charge in [-0.15, -0.1) is 11.3 Å². The molecule has 7 heteroatoms. The standard InChI is InChI=1S/C19H20N4O2S/c20-11-5-3-8-14(22-18(25)15-9-4-6-12-21-15)17(24)19-23-13-7-1-2-10-16(13)26-19/h1-2,4,6-7,9-10,12,14H,3,5,8,11,20H2,(H,22,25). The lowest BCUT2D eigenvalue weighted by Gasteiger charge is -2.16. The van der Waals surface area contributed by atoms with Crippen LogP contribution in [0.5, 0.6) is 0 Å². The van der Waals surface area contributed by atoms with E-state index in [2.05, 4.69) is 15.3 Å². The number of carbonyl (C=O) groups excluding carboxylic acids is 2. The lowest BCUT2D eigenvalue weighted by Crippen LogP contribution is -2.41. The maximum atomic E-state index is 13.0. The average molecular weight is 368 g/mol. The molecule has 0 saturated heterocycles. The van der Waals surface area contributed by atoms with Crippen LogP contribution >= 0.6 is 11.3 Å². The molecule has 0 aliphatic carbocycles. The molecule has 0 fully saturated rings. The molecule has 2 aromatic heterocycles. The van der Waals surface area contributed by atoms with Crippen molar-refractivity contribution in [1.82, 2.24) is 15.3 Å². The highest BCUT2D eigenvalue weighted by Crippen LogP contribution is 2.23. The molecule has 0 spiro atoms. The van der Waals surface area contributed by atoms with E-state index in [0.717, 1.165) is 23.1 Å². The number of hydrogen-bond donors (Lipinski definition) is 2. The second kappa shape index (κ2) is 8.64. The number of fused-ring (bicyclic) bond motifs is 1. The van der Waals surface area contributed by atoms with E-state index in [-0.39, 0.29) is 17.4 Å². The molecule has 1 aromatic carbocycles. The highest BCUT2D eigenvalue weighted by molar-refractivity contribution is 7.20. The van der Waals surface area contributed by atoms with Crippen LogP contribution < -0.4 is 11.1 Å². The summed E-state index contributed by atoms with van der Waals surface area (Å²) < 4.78 is 0.951. The van der Waals surface area contributed by atoms with Gasteiger partial charge in [0.05, 0.1) is 16.3 Å². The van der Waals surface area contributed by atoms with Crippen LogP contribution in [0.2, 0.25) is 0 Å². The molecule has 0 aliphatic rings. The van der Waals surface area contributed by atoms with Gasteiger partial charge in [-0.3, -0.25) is 14.6 Å². The molecule has 3 N–H and O–H groups in total. The van der Waals surface area contributed by atoms with Crippen molar-refractivity contribution >= 4 is 33.2 Å². The van der Waals surface area contributed by atoms with E-state index in [1.54, 1.807) is 24.4 Å². The summed E-state index contributed by atoms with van der Waals surface area (Å²) in [5.74, 6) is -0.537. The lowest BCUT2D eigenvalue weighted by molar-refractivity contribution is 0.0848. The number of rotatable bonds is 8. The van der Waals surface area contributed by atoms with Gasteiger partial charge in [-0.1, -0.05) is 18.2 Å². The Labute approximate surface area is 155 Å². The number of nitrogens with two attached hydrogens (primary N) is 1. The second-order valence-corrected chi connectivity index (χ2v) is 6.91. The molecule has 0 aliphatic heterocycles. The number of Topliss-reactive ketones (excluding diaryl/α,β-unsaturated/α-hetero) is 1. The number of carbonyl (C=O) groups is 2. The Kier molecular flexibility index (Phi) is 6.04. The SMILES string of the molecule is NCCCCC(NC(=O)c1ccccn1)C(=O)c1nc2ccccc2s1. The number of nitrogens with one attached hydrogen (secondary N) is 1. The summed E-state index contributed by atoms with van der Waals surface area (Å²) in [6.07, 6.45) is 3.61. The topological polar surface area (TPSA) is 98.0 Å². The minimum atomic E-state index is -0.642. The number of amides is 1. The third-order valence-electron chi connectivity index (χ3n) is 3.97. The molecule has 2 heterocycles. The van der Waals surface area contributed by atoms with Gasteiger partial charge in [0, 0.05) is 6.20 Å². The van der Waals surface area contributed by atoms with Crippen LogP contribution in [0.15, 0.2) is 48.7 Å². The van der Waals surface area contributed by atoms with Crippen molar-refractivity contribution in [3.63, 3.8) is 0 Å². The van der Waals surface area contributed by atoms with Gasteiger partial charge < -0.3 is 11.1 Å². The molecular weight excluding hydrogens is 348 g/mol. The van der Waals surface area contributed by atoms with Crippen LogP contribution in [0.25, 0.3) is 10.2 Å². The number of thiazole rings is 1. The van der Waals surface area contributed by atoms with Crippen molar-refractivity contribution in [2.75, 3.05) is 6.54 Å². The van der Waals surface area contributed by atoms with Gasteiger partial charge in [0.2, 0.25) is 5.78 Å². The molecule has 1 atom stereocenters. The first kappa shape index (κ1) is 18.2. The second-order valence-electron chi connectivity index (χ2n) is 5.88. The number of nitrogens with zero attached hydrogens (tertiary/aromatic N) is 2. The van der Waals surface area contributed by atoms with Crippen LogP contribution in [0.1, 0.15) is 39.6 Å². The minimum Gasteiger partial charge on any atom is -0.340 e. The smallest absolute Gasteiger partial charge is 0.270 e. The van der Waals surface area contributed by atoms with Crippen LogP contribution in [-0.4, -0.2) is 34.2 Å². The number of ketones is 1. The molecular formula is C19H20N4O2S. The van der Waals surface area contributed by atoms with Crippen LogP contribution in [0.3, 0.4) is 0 Å². The zero-order chi connectivity index (χ0) is 18.4. The summed E-state index contributed by atoms with van der Waals surface area (Å²) >= 11 is 1.34. The van der Waals surface area contributed by atoms with Gasteiger partial charge in [0.1, 0.15) is 5.69 Å². The molecule has 6 nitrogen and oxygen atoms in total. The zero-order valence-corrected chi connectivity index (χ0v) is 15.0. The number of unbranched alkanes of at least 4 members (excludes halogenated alkanes) is 1. The number of aromatic nitrogens is 2. The molecule has 1 unspecified atom stereocenters. The monoisotopic (exact) mass is 368 g/mol. The van der Waals surface area contributed by atoms with Gasteiger partial charge in [0.25, 0.3) is 5.91 Å². The number of pyridine rings is 1. The van der Waals surface area contributed by atoms with E-state index < -0.39 is 6.04 Å². The molecule has 26 heavy (non-hydrogen) atoms. The first-order chi connectivity index (χ1) is 12.7. The van der Waals surface area contributed by atoms with Crippen LogP contribution in [0, 0.1) is 0 Å². The van der Waals surface area contributed by atoms with Crippen LogP contribution in [0.4, 0.5) is 0 Å². The van der Waals surface area contributed by atoms with Gasteiger partial charge in [-0.25, -0.2) is 4.98 Å². The van der Waals surface area contributed by atoms with Crippen LogP contribution in [-0.2, 0) is 0 Å². The Morgan fingerprint density at radius 2 is 1.92 bits per heavy atom. The van der Waals surface area contributed by atoms with Crippen molar-refractivity contribution in [2.24, 2.45) is 5.73 Å². The maximum absolute atomic E-state index is 13.0. The minimum absolute atomic E-state index is 0.174. The Hall–Kier alpha value is -2.64. The summed E-state index contributed by atoms with van der Waals surface area (Å²) in [6.45, 7) is 0.552. The Bertz CT molecular complexity index is 862. The first-order valence-corrected chi connectivity index (χ1v) is 9.32. The number of para-hydroxylation sites is 1. The molecule has 1 amide bonds. The Morgan fingerprint density at radius 3 is 2.65 bits per heavy atom. The largest absolute Gasteiger partial charge is 0.340 e. The fraction of sp³-hybridized carbons (Fsp3) is 0.263. The summed E-state index contributed by atoms with van der Waals surface area (Å²) in [5.41, 5.74) is 6.63. The average Bonchev–Trinajstić information content (AvgIpc) is 3.11. The van der Waals surface area contributed by atoms with E-state index in [0.29, 0.717) is 18.0 Å². The third-order valence-corrected chi connectivity index (χ3v) is 5.02. The molecule has 0 saturated carbocycles. The van der Waals surface area contributed by atoms with E-state index in [9.17, 15) is 9.59 Å². The molecule has 134 valence electrons. The van der Waals surface area contributed by atoms with Crippen molar-refractivity contribution in [3.8, 4) is 0 Å². The fourth-order valence-corrected chi connectivity index (χ4v) is 3.58. The van der Waals surface area contributed by atoms with E-state index in [4.69, 9.17) is 5.73 Å². The highest BCUT2D eigenvalue weighted by Gasteiger charge is 2.25. The van der Waals surface area contributed by atoms with Crippen molar-refractivity contribution in [2.45, 2.75) is 25.3 Å². The van der Waals surface area contributed by atoms with Gasteiger partial charge in [-0.2, -0.15) is 0 Å². The zero-order valence-electron chi connectivity index (χ0n) is 14.2. The molecule has 3 rings (SSSR count). The Balaban J connectivity index is 1.80. The molecule has 3 aromatic rings. The molecule has 0 bridgehead atoms.